The van der Waals surface area contributed by atoms with E-state index in [1.165, 1.54) is 0 Å². The highest BCUT2D eigenvalue weighted by Crippen LogP contribution is 2.14. The van der Waals surface area contributed by atoms with Gasteiger partial charge in [-0.25, -0.2) is 9.97 Å². The van der Waals surface area contributed by atoms with E-state index in [0.717, 1.165) is 18.9 Å². The summed E-state index contributed by atoms with van der Waals surface area (Å²) in [5, 5.41) is 0. The van der Waals surface area contributed by atoms with Crippen LogP contribution in [-0.2, 0) is 0 Å². The van der Waals surface area contributed by atoms with Crippen LogP contribution in [0.2, 0.25) is 0 Å². The van der Waals surface area contributed by atoms with Crippen LogP contribution in [-0.4, -0.2) is 47.0 Å². The summed E-state index contributed by atoms with van der Waals surface area (Å²) >= 11 is 0. The topological polar surface area (TPSA) is 62.5 Å². The van der Waals surface area contributed by atoms with E-state index < -0.39 is 0 Å². The van der Waals surface area contributed by atoms with Gasteiger partial charge in [0, 0.05) is 32.4 Å². The lowest BCUT2D eigenvalue weighted by molar-refractivity contribution is 0.0705. The monoisotopic (exact) mass is 272 g/mol. The van der Waals surface area contributed by atoms with E-state index in [-0.39, 0.29) is 11.8 Å². The molecule has 0 spiro atoms. The molecule has 0 N–H and O–H groups in total. The van der Waals surface area contributed by atoms with Crippen molar-refractivity contribution >= 4 is 11.7 Å². The molecule has 6 nitrogen and oxygen atoms in total. The number of hydrogen-bond acceptors (Lipinski definition) is 5. The predicted octanol–water partition coefficient (Wildman–Crippen LogP) is 1.34. The molecule has 3 rings (SSSR count). The molecular weight excluding hydrogens is 256 g/mol. The third-order valence-electron chi connectivity index (χ3n) is 3.34. The molecule has 0 bridgehead atoms. The van der Waals surface area contributed by atoms with Gasteiger partial charge in [-0.05, 0) is 19.1 Å². The minimum atomic E-state index is -0.140. The average molecular weight is 272 g/mol. The first-order valence-electron chi connectivity index (χ1n) is 6.62. The lowest BCUT2D eigenvalue weighted by Crippen LogP contribution is -2.49. The van der Waals surface area contributed by atoms with Gasteiger partial charge in [-0.15, -0.1) is 0 Å². The molecule has 1 saturated heterocycles. The normalized spacial score (nSPS) is 15.4. The minimum absolute atomic E-state index is 0.140. The van der Waals surface area contributed by atoms with Gasteiger partial charge in [0.05, 0.1) is 6.20 Å². The molecule has 0 unspecified atom stereocenters. The molecule has 0 aliphatic carbocycles. The van der Waals surface area contributed by atoms with Crippen molar-refractivity contribution in [1.82, 2.24) is 14.9 Å². The summed E-state index contributed by atoms with van der Waals surface area (Å²) in [4.78, 5) is 24.4. The average Bonchev–Trinajstić information content (AvgIpc) is 2.94. The Balaban J connectivity index is 1.63. The molecule has 0 saturated carbocycles. The second kappa shape index (κ2) is 5.32. The van der Waals surface area contributed by atoms with E-state index >= 15 is 0 Å². The molecule has 2 aromatic heterocycles. The number of aryl methyl sites for hydroxylation is 1. The van der Waals surface area contributed by atoms with Gasteiger partial charge in [-0.3, -0.25) is 4.79 Å². The first-order chi connectivity index (χ1) is 9.74. The van der Waals surface area contributed by atoms with Gasteiger partial charge in [0.15, 0.2) is 0 Å². The number of pyridine rings is 1. The van der Waals surface area contributed by atoms with Crippen LogP contribution in [0, 0.1) is 6.92 Å². The summed E-state index contributed by atoms with van der Waals surface area (Å²) in [6, 6.07) is 5.85. The molecule has 0 atom stereocenters. The summed E-state index contributed by atoms with van der Waals surface area (Å²) < 4.78 is 5.28. The second-order valence-corrected chi connectivity index (χ2v) is 4.74. The van der Waals surface area contributed by atoms with E-state index in [9.17, 15) is 4.79 Å². The molecule has 3 heterocycles. The van der Waals surface area contributed by atoms with Crippen LogP contribution < -0.4 is 4.90 Å². The number of nitrogens with zero attached hydrogens (tertiary/aromatic N) is 4. The second-order valence-electron chi connectivity index (χ2n) is 4.74. The third-order valence-corrected chi connectivity index (χ3v) is 3.34. The summed E-state index contributed by atoms with van der Waals surface area (Å²) in [5.41, 5.74) is 0. The summed E-state index contributed by atoms with van der Waals surface area (Å²) in [7, 11) is 0. The number of anilines is 1. The molecular formula is C14H16N4O2. The third kappa shape index (κ3) is 2.49. The van der Waals surface area contributed by atoms with Crippen LogP contribution in [0.5, 0.6) is 0 Å². The number of carbonyl (C=O) groups excluding carboxylic acids is 1. The molecule has 104 valence electrons. The lowest BCUT2D eigenvalue weighted by Gasteiger charge is -2.34. The molecule has 0 radical (unpaired) electrons. The number of piperazine rings is 1. The van der Waals surface area contributed by atoms with Crippen LogP contribution in [0.3, 0.4) is 0 Å². The Morgan fingerprint density at radius 1 is 1.20 bits per heavy atom. The minimum Gasteiger partial charge on any atom is -0.438 e. The highest BCUT2D eigenvalue weighted by Gasteiger charge is 2.25. The Bertz CT molecular complexity index is 588. The van der Waals surface area contributed by atoms with Crippen molar-refractivity contribution in [2.24, 2.45) is 0 Å². The quantitative estimate of drug-likeness (QED) is 0.825. The number of aromatic nitrogens is 2. The lowest BCUT2D eigenvalue weighted by atomic mass is 10.3. The van der Waals surface area contributed by atoms with E-state index in [2.05, 4.69) is 14.9 Å². The SMILES string of the molecule is Cc1cnc(C(=O)N2CCN(c3ccccn3)CC2)o1. The molecule has 1 fully saturated rings. The van der Waals surface area contributed by atoms with Crippen LogP contribution >= 0.6 is 0 Å². The molecule has 20 heavy (non-hydrogen) atoms. The maximum absolute atomic E-state index is 12.2. The number of oxazole rings is 1. The molecule has 1 aliphatic rings. The van der Waals surface area contributed by atoms with Crippen molar-refractivity contribution in [2.75, 3.05) is 31.1 Å². The fraction of sp³-hybridized carbons (Fsp3) is 0.357. The zero-order valence-electron chi connectivity index (χ0n) is 11.3. The Morgan fingerprint density at radius 3 is 2.60 bits per heavy atom. The Hall–Kier alpha value is -2.37. The van der Waals surface area contributed by atoms with Crippen molar-refractivity contribution in [3.63, 3.8) is 0 Å². The highest BCUT2D eigenvalue weighted by molar-refractivity contribution is 5.89. The van der Waals surface area contributed by atoms with E-state index in [1.54, 1.807) is 24.2 Å². The van der Waals surface area contributed by atoms with Crippen LogP contribution in [0.1, 0.15) is 16.4 Å². The van der Waals surface area contributed by atoms with Gasteiger partial charge in [0.2, 0.25) is 0 Å². The van der Waals surface area contributed by atoms with Crippen molar-refractivity contribution < 1.29 is 9.21 Å². The van der Waals surface area contributed by atoms with E-state index in [0.29, 0.717) is 18.8 Å². The van der Waals surface area contributed by atoms with Gasteiger partial charge in [0.25, 0.3) is 5.89 Å². The first-order valence-corrected chi connectivity index (χ1v) is 6.62. The zero-order chi connectivity index (χ0) is 13.9. The van der Waals surface area contributed by atoms with Crippen LogP contribution in [0.4, 0.5) is 5.82 Å². The molecule has 0 aromatic carbocycles. The van der Waals surface area contributed by atoms with E-state index in [4.69, 9.17) is 4.42 Å². The zero-order valence-corrected chi connectivity index (χ0v) is 11.3. The highest BCUT2D eigenvalue weighted by atomic mass is 16.4. The van der Waals surface area contributed by atoms with Gasteiger partial charge in [-0.1, -0.05) is 6.07 Å². The van der Waals surface area contributed by atoms with Crippen molar-refractivity contribution in [1.29, 1.82) is 0 Å². The molecule has 1 amide bonds. The molecule has 6 heteroatoms. The summed E-state index contributed by atoms with van der Waals surface area (Å²) in [5.74, 6) is 1.64. The summed E-state index contributed by atoms with van der Waals surface area (Å²) in [6.45, 7) is 4.61. The van der Waals surface area contributed by atoms with Gasteiger partial charge in [-0.2, -0.15) is 0 Å². The fourth-order valence-corrected chi connectivity index (χ4v) is 2.27. The maximum Gasteiger partial charge on any atom is 0.309 e. The number of hydrogen-bond donors (Lipinski definition) is 0. The van der Waals surface area contributed by atoms with Gasteiger partial charge in [0.1, 0.15) is 11.6 Å². The number of carbonyl (C=O) groups is 1. The smallest absolute Gasteiger partial charge is 0.309 e. The largest absolute Gasteiger partial charge is 0.438 e. The van der Waals surface area contributed by atoms with Crippen LogP contribution in [0.25, 0.3) is 0 Å². The fourth-order valence-electron chi connectivity index (χ4n) is 2.27. The van der Waals surface area contributed by atoms with Gasteiger partial charge < -0.3 is 14.2 Å². The first kappa shape index (κ1) is 12.7. The maximum atomic E-state index is 12.2. The predicted molar refractivity (Wildman–Crippen MR) is 73.6 cm³/mol. The van der Waals surface area contributed by atoms with E-state index in [1.807, 2.05) is 18.2 Å². The Morgan fingerprint density at radius 2 is 2.00 bits per heavy atom. The Labute approximate surface area is 117 Å². The van der Waals surface area contributed by atoms with Crippen LogP contribution in [0.15, 0.2) is 35.0 Å². The van der Waals surface area contributed by atoms with Crippen molar-refractivity contribution in [3.8, 4) is 0 Å². The number of rotatable bonds is 2. The molecule has 1 aliphatic heterocycles. The summed E-state index contributed by atoms with van der Waals surface area (Å²) in [6.07, 6.45) is 3.35. The Kier molecular flexibility index (Phi) is 3.37. The molecule has 2 aromatic rings. The number of amides is 1. The standard InChI is InChI=1S/C14H16N4O2/c1-11-10-16-13(20-11)14(19)18-8-6-17(7-9-18)12-4-2-3-5-15-12/h2-5,10H,6-9H2,1H3. The van der Waals surface area contributed by atoms with Crippen molar-refractivity contribution in [2.45, 2.75) is 6.92 Å². The van der Waals surface area contributed by atoms with Gasteiger partial charge >= 0.3 is 5.91 Å². The van der Waals surface area contributed by atoms with Crippen molar-refractivity contribution in [3.05, 3.63) is 42.2 Å².